The van der Waals surface area contributed by atoms with Crippen molar-refractivity contribution in [1.29, 1.82) is 0 Å². The van der Waals surface area contributed by atoms with Gasteiger partial charge < -0.3 is 25.6 Å². The maximum absolute atomic E-state index is 16.2. The van der Waals surface area contributed by atoms with Gasteiger partial charge in [0.1, 0.15) is 40.4 Å². The van der Waals surface area contributed by atoms with E-state index in [0.717, 1.165) is 9.71 Å². The summed E-state index contributed by atoms with van der Waals surface area (Å²) in [4.78, 5) is 39.4. The molecule has 1 saturated carbocycles. The lowest BCUT2D eigenvalue weighted by molar-refractivity contribution is -0.123. The van der Waals surface area contributed by atoms with Gasteiger partial charge in [-0.2, -0.15) is 0 Å². The Labute approximate surface area is 255 Å². The third-order valence-electron chi connectivity index (χ3n) is 8.34. The second kappa shape index (κ2) is 10.1. The van der Waals surface area contributed by atoms with Gasteiger partial charge in [0.2, 0.25) is 5.91 Å². The number of ether oxygens (including phenoxy) is 2. The molecule has 0 radical (unpaired) electrons. The highest BCUT2D eigenvalue weighted by atomic mass is 35.5. The van der Waals surface area contributed by atoms with Crippen LogP contribution in [0.25, 0.3) is 21.5 Å². The lowest BCUT2D eigenvalue weighted by Crippen LogP contribution is -2.49. The number of carbonyl (C=O) groups excluding carboxylic acids is 2. The molecule has 43 heavy (non-hydrogen) atoms. The van der Waals surface area contributed by atoms with E-state index >= 15 is 4.39 Å². The molecule has 0 saturated heterocycles. The molecule has 2 atom stereocenters. The topological polar surface area (TPSA) is 150 Å². The number of pyridine rings is 2. The van der Waals surface area contributed by atoms with Crippen LogP contribution in [0.5, 0.6) is 11.5 Å². The normalized spacial score (nSPS) is 19.8. The number of amides is 2. The fraction of sp³-hybridized carbons (Fsp3) is 0.367. The van der Waals surface area contributed by atoms with Gasteiger partial charge in [-0.3, -0.25) is 14.6 Å². The second-order valence-corrected chi connectivity index (χ2v) is 12.9. The first kappa shape index (κ1) is 29.2. The Bertz CT molecular complexity index is 1830. The van der Waals surface area contributed by atoms with Gasteiger partial charge in [-0.1, -0.05) is 11.6 Å². The molecular weight excluding hydrogens is 597 g/mol. The van der Waals surface area contributed by atoms with E-state index in [1.54, 1.807) is 38.2 Å². The molecule has 13 heteroatoms. The van der Waals surface area contributed by atoms with E-state index in [-0.39, 0.29) is 47.2 Å². The number of halogens is 2. The minimum absolute atomic E-state index is 0.0477. The number of alkyl halides is 1. The van der Waals surface area contributed by atoms with Crippen LogP contribution < -0.4 is 20.5 Å². The zero-order valence-electron chi connectivity index (χ0n) is 23.9. The standard InChI is InChI=1S/C30H29ClFN5O5S/c1-14-22(31)17(5-8-34-14)23-25-18(28(3,13-42-25)27(33)39)11-21(37-23)30(40,29(32)6-7-29)12-35-26(38)16-9-19(41-4)24-20(10-16)43-15(2)36-24/h5,8-11,40H,6-7,12-13H2,1-4H3,(H2,33,39)(H,35,38)/t28-,30-/m0/s1. The number of nitrogens with two attached hydrogens (primary N) is 1. The third kappa shape index (κ3) is 4.59. The highest BCUT2D eigenvalue weighted by molar-refractivity contribution is 7.18. The molecule has 224 valence electrons. The van der Waals surface area contributed by atoms with Crippen molar-refractivity contribution in [3.8, 4) is 22.8 Å². The van der Waals surface area contributed by atoms with Crippen LogP contribution in [0.2, 0.25) is 5.02 Å². The van der Waals surface area contributed by atoms with E-state index in [2.05, 4.69) is 20.3 Å². The van der Waals surface area contributed by atoms with Crippen molar-refractivity contribution in [3.63, 3.8) is 0 Å². The molecule has 1 aliphatic heterocycles. The summed E-state index contributed by atoms with van der Waals surface area (Å²) >= 11 is 8.02. The number of rotatable bonds is 8. The Morgan fingerprint density at radius 3 is 2.70 bits per heavy atom. The molecule has 1 fully saturated rings. The van der Waals surface area contributed by atoms with Gasteiger partial charge in [0.15, 0.2) is 5.60 Å². The maximum atomic E-state index is 16.2. The molecule has 1 aliphatic carbocycles. The van der Waals surface area contributed by atoms with Crippen molar-refractivity contribution in [2.24, 2.45) is 5.73 Å². The van der Waals surface area contributed by atoms with Crippen molar-refractivity contribution in [3.05, 3.63) is 63.0 Å². The molecule has 0 spiro atoms. The largest absolute Gasteiger partial charge is 0.494 e. The van der Waals surface area contributed by atoms with Crippen LogP contribution in [0.15, 0.2) is 30.5 Å². The van der Waals surface area contributed by atoms with Gasteiger partial charge in [0.05, 0.1) is 39.8 Å². The Kier molecular flexibility index (Phi) is 6.86. The quantitative estimate of drug-likeness (QED) is 0.263. The average molecular weight is 626 g/mol. The van der Waals surface area contributed by atoms with Crippen LogP contribution >= 0.6 is 22.9 Å². The average Bonchev–Trinajstić information content (AvgIpc) is 3.48. The van der Waals surface area contributed by atoms with Crippen LogP contribution in [-0.2, 0) is 15.8 Å². The molecule has 4 N–H and O–H groups in total. The maximum Gasteiger partial charge on any atom is 0.251 e. The molecule has 4 heterocycles. The predicted octanol–water partition coefficient (Wildman–Crippen LogP) is 4.29. The zero-order chi connectivity index (χ0) is 30.9. The van der Waals surface area contributed by atoms with Crippen molar-refractivity contribution in [1.82, 2.24) is 20.3 Å². The summed E-state index contributed by atoms with van der Waals surface area (Å²) in [7, 11) is 1.49. The number of carbonyl (C=O) groups is 2. The molecule has 10 nitrogen and oxygen atoms in total. The minimum atomic E-state index is -2.27. The van der Waals surface area contributed by atoms with E-state index in [0.29, 0.717) is 28.1 Å². The molecule has 2 amide bonds. The Morgan fingerprint density at radius 2 is 2.02 bits per heavy atom. The minimum Gasteiger partial charge on any atom is -0.494 e. The van der Waals surface area contributed by atoms with Crippen molar-refractivity contribution in [2.75, 3.05) is 20.3 Å². The summed E-state index contributed by atoms with van der Waals surface area (Å²) in [5.41, 5.74) is 2.46. The fourth-order valence-electron chi connectivity index (χ4n) is 5.42. The third-order valence-corrected chi connectivity index (χ3v) is 9.74. The number of nitrogens with zero attached hydrogens (tertiary/aromatic N) is 3. The molecule has 6 rings (SSSR count). The molecular formula is C30H29ClFN5O5S. The van der Waals surface area contributed by atoms with Gasteiger partial charge in [-0.05, 0) is 57.9 Å². The predicted molar refractivity (Wildman–Crippen MR) is 159 cm³/mol. The van der Waals surface area contributed by atoms with Crippen LogP contribution in [0.3, 0.4) is 0 Å². The van der Waals surface area contributed by atoms with Crippen molar-refractivity contribution >= 4 is 45.0 Å². The monoisotopic (exact) mass is 625 g/mol. The SMILES string of the molecule is COc1cc(C(=O)NC[C@](O)(c2cc3c(c(-c4ccnc(C)c4Cl)n2)OC[C@]3(C)C(N)=O)C2(F)CC2)cc2sc(C)nc12. The second-order valence-electron chi connectivity index (χ2n) is 11.2. The number of primary amides is 1. The molecule has 1 aromatic carbocycles. The number of aliphatic hydroxyl groups is 1. The van der Waals surface area contributed by atoms with Gasteiger partial charge in [0.25, 0.3) is 5.91 Å². The number of hydrogen-bond donors (Lipinski definition) is 3. The highest BCUT2D eigenvalue weighted by Crippen LogP contribution is 2.55. The van der Waals surface area contributed by atoms with Gasteiger partial charge in [-0.15, -0.1) is 11.3 Å². The van der Waals surface area contributed by atoms with E-state index in [9.17, 15) is 14.7 Å². The van der Waals surface area contributed by atoms with Crippen LogP contribution in [-0.4, -0.2) is 57.8 Å². The molecule has 0 unspecified atom stereocenters. The number of thiazole rings is 1. The van der Waals surface area contributed by atoms with Gasteiger partial charge >= 0.3 is 0 Å². The number of nitrogens with one attached hydrogen (secondary N) is 1. The molecule has 0 bridgehead atoms. The summed E-state index contributed by atoms with van der Waals surface area (Å²) in [5, 5.41) is 15.9. The summed E-state index contributed by atoms with van der Waals surface area (Å²) in [6, 6.07) is 6.29. The Hall–Kier alpha value is -3.87. The number of hydrogen-bond acceptors (Lipinski definition) is 9. The van der Waals surface area contributed by atoms with Crippen LogP contribution in [0.1, 0.15) is 52.1 Å². The van der Waals surface area contributed by atoms with Gasteiger partial charge in [-0.25, -0.2) is 14.4 Å². The van der Waals surface area contributed by atoms with Crippen LogP contribution in [0, 0.1) is 13.8 Å². The lowest BCUT2D eigenvalue weighted by Gasteiger charge is -2.33. The Morgan fingerprint density at radius 1 is 1.28 bits per heavy atom. The number of methoxy groups -OCH3 is 1. The molecule has 3 aromatic heterocycles. The first-order valence-corrected chi connectivity index (χ1v) is 14.8. The summed E-state index contributed by atoms with van der Waals surface area (Å²) in [5.74, 6) is -0.528. The summed E-state index contributed by atoms with van der Waals surface area (Å²) in [6.45, 7) is 4.60. The fourth-order valence-corrected chi connectivity index (χ4v) is 6.51. The molecule has 2 aliphatic rings. The smallest absolute Gasteiger partial charge is 0.251 e. The van der Waals surface area contributed by atoms with Crippen molar-refractivity contribution < 1.29 is 28.6 Å². The lowest BCUT2D eigenvalue weighted by atomic mass is 9.80. The Balaban J connectivity index is 1.44. The highest BCUT2D eigenvalue weighted by Gasteiger charge is 2.62. The number of aromatic nitrogens is 3. The van der Waals surface area contributed by atoms with Crippen molar-refractivity contribution in [2.45, 2.75) is 50.3 Å². The van der Waals surface area contributed by atoms with E-state index in [4.69, 9.17) is 26.8 Å². The van der Waals surface area contributed by atoms with Gasteiger partial charge in [0, 0.05) is 22.9 Å². The number of aryl methyl sites for hydroxylation is 2. The number of fused-ring (bicyclic) bond motifs is 2. The summed E-state index contributed by atoms with van der Waals surface area (Å²) < 4.78 is 28.3. The van der Waals surface area contributed by atoms with E-state index in [1.165, 1.54) is 24.5 Å². The van der Waals surface area contributed by atoms with E-state index < -0.39 is 35.0 Å². The number of benzene rings is 1. The van der Waals surface area contributed by atoms with Crippen LogP contribution in [0.4, 0.5) is 4.39 Å². The van der Waals surface area contributed by atoms with E-state index in [1.807, 2.05) is 6.92 Å². The first-order chi connectivity index (χ1) is 20.3. The molecule has 4 aromatic rings. The zero-order valence-corrected chi connectivity index (χ0v) is 25.5. The summed E-state index contributed by atoms with van der Waals surface area (Å²) in [6.07, 6.45) is 1.64. The first-order valence-electron chi connectivity index (χ1n) is 13.6.